The first-order valence-corrected chi connectivity index (χ1v) is 10.1. The van der Waals surface area contributed by atoms with Crippen LogP contribution in [0.15, 0.2) is 53.6 Å². The highest BCUT2D eigenvalue weighted by Gasteiger charge is 2.32. The minimum Gasteiger partial charge on any atom is -0.292 e. The molecule has 0 spiro atoms. The summed E-state index contributed by atoms with van der Waals surface area (Å²) in [4.78, 5) is 20.3. The van der Waals surface area contributed by atoms with Crippen LogP contribution in [0.5, 0.6) is 0 Å². The van der Waals surface area contributed by atoms with Gasteiger partial charge in [-0.25, -0.2) is 27.9 Å². The Morgan fingerprint density at radius 2 is 1.96 bits per heavy atom. The Balaban J connectivity index is 1.77. The van der Waals surface area contributed by atoms with Gasteiger partial charge < -0.3 is 0 Å². The van der Waals surface area contributed by atoms with Crippen molar-refractivity contribution in [2.75, 3.05) is 11.5 Å². The van der Waals surface area contributed by atoms with E-state index in [1.807, 2.05) is 30.3 Å². The average molecular weight is 371 g/mol. The van der Waals surface area contributed by atoms with Gasteiger partial charge in [-0.05, 0) is 12.5 Å². The van der Waals surface area contributed by atoms with Gasteiger partial charge in [-0.3, -0.25) is 4.57 Å². The molecule has 0 aliphatic carbocycles. The zero-order valence-electron chi connectivity index (χ0n) is 13.9. The minimum atomic E-state index is -3.07. The van der Waals surface area contributed by atoms with Gasteiger partial charge in [0.15, 0.2) is 15.7 Å². The zero-order chi connectivity index (χ0) is 18.1. The topological polar surface area (TPSA) is 99.7 Å². The number of nitrogens with zero attached hydrogens (tertiary/aromatic N) is 5. The Kier molecular flexibility index (Phi) is 4.15. The molecule has 0 N–H and O–H groups in total. The molecule has 0 saturated carbocycles. The fraction of sp³-hybridized carbons (Fsp3) is 0.294. The third kappa shape index (κ3) is 3.30. The Labute approximate surface area is 150 Å². The quantitative estimate of drug-likeness (QED) is 0.676. The lowest BCUT2D eigenvalue weighted by Crippen LogP contribution is -2.25. The van der Waals surface area contributed by atoms with Gasteiger partial charge >= 0.3 is 5.69 Å². The minimum absolute atomic E-state index is 0.0412. The van der Waals surface area contributed by atoms with Crippen molar-refractivity contribution in [3.05, 3.63) is 65.1 Å². The number of benzene rings is 1. The maximum atomic E-state index is 11.9. The summed E-state index contributed by atoms with van der Waals surface area (Å²) in [5.41, 5.74) is 0.453. The second-order valence-electron chi connectivity index (χ2n) is 6.25. The highest BCUT2D eigenvalue weighted by molar-refractivity contribution is 7.91. The molecule has 1 aliphatic heterocycles. The number of hydrogen-bond donors (Lipinski definition) is 0. The van der Waals surface area contributed by atoms with E-state index in [2.05, 4.69) is 15.1 Å². The van der Waals surface area contributed by atoms with Crippen molar-refractivity contribution < 1.29 is 8.42 Å². The fourth-order valence-corrected chi connectivity index (χ4v) is 4.79. The van der Waals surface area contributed by atoms with Gasteiger partial charge in [0.05, 0.1) is 24.1 Å². The summed E-state index contributed by atoms with van der Waals surface area (Å²) in [5, 5.41) is 4.56. The molecule has 26 heavy (non-hydrogen) atoms. The first-order chi connectivity index (χ1) is 12.5. The largest absolute Gasteiger partial charge is 0.347 e. The van der Waals surface area contributed by atoms with Crippen LogP contribution in [-0.2, 0) is 16.4 Å². The van der Waals surface area contributed by atoms with Crippen LogP contribution >= 0.6 is 0 Å². The van der Waals surface area contributed by atoms with E-state index in [0.717, 1.165) is 5.56 Å². The summed E-state index contributed by atoms with van der Waals surface area (Å²) in [6.07, 6.45) is 3.55. The van der Waals surface area contributed by atoms with E-state index in [1.165, 1.54) is 10.8 Å². The van der Waals surface area contributed by atoms with Crippen molar-refractivity contribution in [1.82, 2.24) is 24.3 Å². The molecule has 0 bridgehead atoms. The van der Waals surface area contributed by atoms with Crippen molar-refractivity contribution in [1.29, 1.82) is 0 Å². The lowest BCUT2D eigenvalue weighted by atomic mass is 10.2. The molecule has 4 rings (SSSR count). The van der Waals surface area contributed by atoms with Crippen molar-refractivity contribution in [3.63, 3.8) is 0 Å². The van der Waals surface area contributed by atoms with Crippen LogP contribution < -0.4 is 5.69 Å². The second-order valence-corrected chi connectivity index (χ2v) is 8.48. The van der Waals surface area contributed by atoms with Crippen LogP contribution in [0.1, 0.15) is 18.3 Å². The third-order valence-corrected chi connectivity index (χ3v) is 6.13. The van der Waals surface area contributed by atoms with Gasteiger partial charge in [-0.1, -0.05) is 30.3 Å². The molecular weight excluding hydrogens is 354 g/mol. The van der Waals surface area contributed by atoms with Crippen LogP contribution in [0.25, 0.3) is 11.4 Å². The number of aromatic nitrogens is 5. The molecule has 0 radical (unpaired) electrons. The molecule has 1 fully saturated rings. The van der Waals surface area contributed by atoms with Crippen LogP contribution in [0.4, 0.5) is 0 Å². The van der Waals surface area contributed by atoms with Crippen molar-refractivity contribution in [2.45, 2.75) is 19.0 Å². The molecule has 1 aliphatic rings. The maximum Gasteiger partial charge on any atom is 0.347 e. The van der Waals surface area contributed by atoms with Gasteiger partial charge in [0.1, 0.15) is 5.82 Å². The highest BCUT2D eigenvalue weighted by Crippen LogP contribution is 2.26. The second kappa shape index (κ2) is 6.49. The first kappa shape index (κ1) is 16.6. The molecule has 9 heteroatoms. The predicted octanol–water partition coefficient (Wildman–Crippen LogP) is 0.910. The van der Waals surface area contributed by atoms with E-state index >= 15 is 0 Å². The van der Waals surface area contributed by atoms with Crippen molar-refractivity contribution in [3.8, 4) is 11.4 Å². The number of sulfone groups is 1. The molecule has 1 saturated heterocycles. The number of hydrogen-bond acceptors (Lipinski definition) is 6. The predicted molar refractivity (Wildman–Crippen MR) is 95.4 cm³/mol. The van der Waals surface area contributed by atoms with Crippen LogP contribution in [-0.4, -0.2) is 44.2 Å². The Bertz CT molecular complexity index is 1090. The fourth-order valence-electron chi connectivity index (χ4n) is 3.09. The Morgan fingerprint density at radius 3 is 2.65 bits per heavy atom. The van der Waals surface area contributed by atoms with Gasteiger partial charge in [-0.2, -0.15) is 5.10 Å². The van der Waals surface area contributed by atoms with E-state index in [4.69, 9.17) is 0 Å². The third-order valence-electron chi connectivity index (χ3n) is 4.38. The SMILES string of the molecule is O=c1ncccn1Cc1nc(-c2ccccc2)nn1[C@@H]1CCS(=O)(=O)C1. The van der Waals surface area contributed by atoms with E-state index in [0.29, 0.717) is 18.1 Å². The molecule has 0 amide bonds. The van der Waals surface area contributed by atoms with Crippen molar-refractivity contribution >= 4 is 9.84 Å². The van der Waals surface area contributed by atoms with E-state index in [9.17, 15) is 13.2 Å². The Hall–Kier alpha value is -2.81. The smallest absolute Gasteiger partial charge is 0.292 e. The normalized spacial score (nSPS) is 18.8. The van der Waals surface area contributed by atoms with Crippen LogP contribution in [0.3, 0.4) is 0 Å². The number of rotatable bonds is 4. The Morgan fingerprint density at radius 1 is 1.15 bits per heavy atom. The summed E-state index contributed by atoms with van der Waals surface area (Å²) in [6, 6.07) is 10.9. The summed E-state index contributed by atoms with van der Waals surface area (Å²) in [5.74, 6) is 1.24. The van der Waals surface area contributed by atoms with E-state index in [1.54, 1.807) is 16.9 Å². The molecule has 1 aromatic carbocycles. The van der Waals surface area contributed by atoms with Gasteiger partial charge in [0.25, 0.3) is 0 Å². The highest BCUT2D eigenvalue weighted by atomic mass is 32.2. The summed E-state index contributed by atoms with van der Waals surface area (Å²) in [7, 11) is -3.07. The standard InChI is InChI=1S/C17H17N5O3S/c23-17-18-8-4-9-21(17)11-15-19-16(13-5-2-1-3-6-13)20-22(15)14-7-10-26(24,25)12-14/h1-6,8-9,14H,7,10-12H2/t14-/m1/s1. The van der Waals surface area contributed by atoms with Crippen LogP contribution in [0, 0.1) is 0 Å². The maximum absolute atomic E-state index is 11.9. The summed E-state index contributed by atoms with van der Waals surface area (Å²) in [6.45, 7) is 0.184. The molecule has 2 aromatic heterocycles. The van der Waals surface area contributed by atoms with Gasteiger partial charge in [-0.15, -0.1) is 0 Å². The zero-order valence-corrected chi connectivity index (χ0v) is 14.7. The van der Waals surface area contributed by atoms with E-state index < -0.39 is 9.84 Å². The molecule has 3 aromatic rings. The molecule has 8 nitrogen and oxygen atoms in total. The molecular formula is C17H17N5O3S. The van der Waals surface area contributed by atoms with Crippen molar-refractivity contribution in [2.24, 2.45) is 0 Å². The lowest BCUT2D eigenvalue weighted by Gasteiger charge is -2.12. The van der Waals surface area contributed by atoms with E-state index in [-0.39, 0.29) is 29.8 Å². The molecule has 0 unspecified atom stereocenters. The van der Waals surface area contributed by atoms with Crippen LogP contribution in [0.2, 0.25) is 0 Å². The summed E-state index contributed by atoms with van der Waals surface area (Å²) < 4.78 is 26.9. The van der Waals surface area contributed by atoms with Gasteiger partial charge in [0.2, 0.25) is 0 Å². The summed E-state index contributed by atoms with van der Waals surface area (Å²) >= 11 is 0. The monoisotopic (exact) mass is 371 g/mol. The average Bonchev–Trinajstić information content (AvgIpc) is 3.21. The van der Waals surface area contributed by atoms with Gasteiger partial charge in [0, 0.05) is 18.0 Å². The molecule has 3 heterocycles. The molecule has 1 atom stereocenters. The first-order valence-electron chi connectivity index (χ1n) is 8.24. The molecule has 134 valence electrons. The lowest BCUT2D eigenvalue weighted by molar-refractivity contribution is 0.468.